The summed E-state index contributed by atoms with van der Waals surface area (Å²) >= 11 is 0. The molecule has 0 saturated heterocycles. The summed E-state index contributed by atoms with van der Waals surface area (Å²) in [7, 11) is 3.38. The predicted molar refractivity (Wildman–Crippen MR) is 113 cm³/mol. The number of benzene rings is 1. The first kappa shape index (κ1) is 20.7. The number of methoxy groups -OCH3 is 2. The van der Waals surface area contributed by atoms with Gasteiger partial charge in [0, 0.05) is 57.0 Å². The van der Waals surface area contributed by atoms with Crippen molar-refractivity contribution in [2.45, 2.75) is 45.2 Å². The molecule has 1 aliphatic heterocycles. The molecule has 1 fully saturated rings. The van der Waals surface area contributed by atoms with Crippen LogP contribution in [0.25, 0.3) is 0 Å². The summed E-state index contributed by atoms with van der Waals surface area (Å²) in [5.41, 5.74) is 1.12. The molecule has 0 bridgehead atoms. The summed E-state index contributed by atoms with van der Waals surface area (Å²) in [4.78, 5) is 14.4. The second kappa shape index (κ2) is 9.47. The molecular weight excluding hydrogens is 382 g/mol. The van der Waals surface area contributed by atoms with Gasteiger partial charge in [0.05, 0.1) is 14.2 Å². The summed E-state index contributed by atoms with van der Waals surface area (Å²) in [6, 6.07) is 5.92. The van der Waals surface area contributed by atoms with Gasteiger partial charge in [0.1, 0.15) is 23.1 Å². The molecule has 2 aliphatic rings. The molecule has 0 atom stereocenters. The van der Waals surface area contributed by atoms with Crippen molar-refractivity contribution in [1.82, 2.24) is 25.0 Å². The quantitative estimate of drug-likeness (QED) is 0.711. The number of hydrogen-bond acceptors (Lipinski definition) is 6. The molecule has 8 heteroatoms. The molecule has 162 valence electrons. The molecular formula is C22H31N5O3. The Kier molecular flexibility index (Phi) is 6.52. The van der Waals surface area contributed by atoms with Gasteiger partial charge in [-0.25, -0.2) is 0 Å². The highest BCUT2D eigenvalue weighted by atomic mass is 16.5. The average Bonchev–Trinajstić information content (AvgIpc) is 2.98. The lowest BCUT2D eigenvalue weighted by Crippen LogP contribution is -2.35. The maximum absolute atomic E-state index is 12.0. The van der Waals surface area contributed by atoms with Gasteiger partial charge in [-0.1, -0.05) is 6.42 Å². The molecule has 1 saturated carbocycles. The number of nitrogens with one attached hydrogen (secondary N) is 1. The van der Waals surface area contributed by atoms with Crippen molar-refractivity contribution in [2.24, 2.45) is 5.92 Å². The van der Waals surface area contributed by atoms with Gasteiger partial charge >= 0.3 is 0 Å². The smallest absolute Gasteiger partial charge is 0.223 e. The first-order chi connectivity index (χ1) is 14.7. The van der Waals surface area contributed by atoms with Gasteiger partial charge in [-0.15, -0.1) is 10.2 Å². The molecule has 1 aromatic heterocycles. The van der Waals surface area contributed by atoms with Crippen molar-refractivity contribution < 1.29 is 14.3 Å². The Morgan fingerprint density at radius 3 is 2.77 bits per heavy atom. The number of hydrogen-bond donors (Lipinski definition) is 1. The number of nitrogens with zero attached hydrogens (tertiary/aromatic N) is 4. The lowest BCUT2D eigenvalue weighted by Gasteiger charge is -2.24. The molecule has 2 aromatic rings. The maximum Gasteiger partial charge on any atom is 0.223 e. The minimum atomic E-state index is 0.190. The molecule has 8 nitrogen and oxygen atoms in total. The van der Waals surface area contributed by atoms with E-state index in [2.05, 4.69) is 25.0 Å². The lowest BCUT2D eigenvalue weighted by atomic mass is 9.85. The maximum atomic E-state index is 12.0. The van der Waals surface area contributed by atoms with Crippen LogP contribution in [0.3, 0.4) is 0 Å². The Morgan fingerprint density at radius 1 is 1.17 bits per heavy atom. The highest BCUT2D eigenvalue weighted by Crippen LogP contribution is 2.27. The van der Waals surface area contributed by atoms with Crippen LogP contribution in [0.15, 0.2) is 18.2 Å². The lowest BCUT2D eigenvalue weighted by molar-refractivity contribution is -0.127. The van der Waals surface area contributed by atoms with Crippen LogP contribution in [0, 0.1) is 5.92 Å². The van der Waals surface area contributed by atoms with Crippen molar-refractivity contribution in [3.8, 4) is 11.5 Å². The van der Waals surface area contributed by atoms with Crippen LogP contribution in [-0.2, 0) is 30.7 Å². The van der Waals surface area contributed by atoms with Gasteiger partial charge < -0.3 is 19.4 Å². The van der Waals surface area contributed by atoms with Crippen LogP contribution in [0.2, 0.25) is 0 Å². The number of amides is 1. The fourth-order valence-electron chi connectivity index (χ4n) is 4.13. The third kappa shape index (κ3) is 4.59. The minimum absolute atomic E-state index is 0.190. The first-order valence-corrected chi connectivity index (χ1v) is 10.8. The van der Waals surface area contributed by atoms with E-state index in [4.69, 9.17) is 9.47 Å². The summed E-state index contributed by atoms with van der Waals surface area (Å²) in [5, 5.41) is 11.8. The SMILES string of the molecule is COc1ccc(OC)c(CN2CCc3nnc(CCNC(=O)C4CCC4)n3CC2)c1. The Balaban J connectivity index is 1.34. The van der Waals surface area contributed by atoms with Crippen molar-refractivity contribution >= 4 is 5.91 Å². The van der Waals surface area contributed by atoms with E-state index in [0.717, 1.165) is 80.6 Å². The van der Waals surface area contributed by atoms with Gasteiger partial charge in [-0.2, -0.15) is 0 Å². The van der Waals surface area contributed by atoms with Crippen molar-refractivity contribution in [2.75, 3.05) is 33.9 Å². The molecule has 0 unspecified atom stereocenters. The van der Waals surface area contributed by atoms with Crippen LogP contribution in [0.1, 0.15) is 36.5 Å². The number of ether oxygens (including phenoxy) is 2. The van der Waals surface area contributed by atoms with Crippen molar-refractivity contribution in [3.63, 3.8) is 0 Å². The third-order valence-electron chi connectivity index (χ3n) is 6.20. The fraction of sp³-hybridized carbons (Fsp3) is 0.591. The van der Waals surface area contributed by atoms with Crippen LogP contribution in [-0.4, -0.2) is 59.4 Å². The Labute approximate surface area is 177 Å². The van der Waals surface area contributed by atoms with Crippen LogP contribution in [0.5, 0.6) is 11.5 Å². The average molecular weight is 414 g/mol. The molecule has 0 spiro atoms. The monoisotopic (exact) mass is 413 g/mol. The topological polar surface area (TPSA) is 81.5 Å². The Hall–Kier alpha value is -2.61. The van der Waals surface area contributed by atoms with E-state index in [-0.39, 0.29) is 11.8 Å². The molecule has 0 radical (unpaired) electrons. The van der Waals surface area contributed by atoms with E-state index in [1.54, 1.807) is 14.2 Å². The molecule has 1 aromatic carbocycles. The van der Waals surface area contributed by atoms with Crippen LogP contribution >= 0.6 is 0 Å². The number of fused-ring (bicyclic) bond motifs is 1. The highest BCUT2D eigenvalue weighted by Gasteiger charge is 2.25. The van der Waals surface area contributed by atoms with Crippen LogP contribution < -0.4 is 14.8 Å². The van der Waals surface area contributed by atoms with E-state index in [9.17, 15) is 4.79 Å². The van der Waals surface area contributed by atoms with Gasteiger partial charge in [0.15, 0.2) is 0 Å². The van der Waals surface area contributed by atoms with E-state index in [1.807, 2.05) is 18.2 Å². The Bertz CT molecular complexity index is 878. The largest absolute Gasteiger partial charge is 0.497 e. The van der Waals surface area contributed by atoms with Gasteiger partial charge in [-0.3, -0.25) is 9.69 Å². The summed E-state index contributed by atoms with van der Waals surface area (Å²) < 4.78 is 13.1. The standard InChI is InChI=1S/C22H31N5O3/c1-29-18-6-7-19(30-2)17(14-18)15-26-11-9-21-25-24-20(27(21)13-12-26)8-10-23-22(28)16-4-3-5-16/h6-7,14,16H,3-5,8-13,15H2,1-2H3,(H,23,28). The van der Waals surface area contributed by atoms with Crippen LogP contribution in [0.4, 0.5) is 0 Å². The minimum Gasteiger partial charge on any atom is -0.497 e. The first-order valence-electron chi connectivity index (χ1n) is 10.8. The number of aromatic nitrogens is 3. The normalized spacial score (nSPS) is 17.0. The van der Waals surface area contributed by atoms with E-state index in [0.29, 0.717) is 6.54 Å². The zero-order chi connectivity index (χ0) is 20.9. The van der Waals surface area contributed by atoms with Crippen molar-refractivity contribution in [3.05, 3.63) is 35.4 Å². The number of rotatable bonds is 8. The van der Waals surface area contributed by atoms with Crippen molar-refractivity contribution in [1.29, 1.82) is 0 Å². The fourth-order valence-corrected chi connectivity index (χ4v) is 4.13. The summed E-state index contributed by atoms with van der Waals surface area (Å²) in [5.74, 6) is 4.11. The zero-order valence-corrected chi connectivity index (χ0v) is 17.9. The number of carbonyl (C=O) groups excluding carboxylic acids is 1. The Morgan fingerprint density at radius 2 is 2.03 bits per heavy atom. The molecule has 1 N–H and O–H groups in total. The summed E-state index contributed by atoms with van der Waals surface area (Å²) in [6.45, 7) is 4.09. The van der Waals surface area contributed by atoms with E-state index >= 15 is 0 Å². The molecule has 2 heterocycles. The zero-order valence-electron chi connectivity index (χ0n) is 17.9. The van der Waals surface area contributed by atoms with E-state index < -0.39 is 0 Å². The molecule has 4 rings (SSSR count). The predicted octanol–water partition coefficient (Wildman–Crippen LogP) is 1.81. The molecule has 30 heavy (non-hydrogen) atoms. The van der Waals surface area contributed by atoms with Gasteiger partial charge in [-0.05, 0) is 31.0 Å². The number of carbonyl (C=O) groups is 1. The highest BCUT2D eigenvalue weighted by molar-refractivity contribution is 5.79. The molecule has 1 amide bonds. The second-order valence-corrected chi connectivity index (χ2v) is 8.06. The molecule has 1 aliphatic carbocycles. The summed E-state index contributed by atoms with van der Waals surface area (Å²) in [6.07, 6.45) is 4.80. The van der Waals surface area contributed by atoms with E-state index in [1.165, 1.54) is 6.42 Å². The second-order valence-electron chi connectivity index (χ2n) is 8.06. The van der Waals surface area contributed by atoms with Gasteiger partial charge in [0.25, 0.3) is 0 Å². The third-order valence-corrected chi connectivity index (χ3v) is 6.20. The van der Waals surface area contributed by atoms with Gasteiger partial charge in [0.2, 0.25) is 5.91 Å².